The third-order valence-corrected chi connectivity index (χ3v) is 2.74. The van der Waals surface area contributed by atoms with Gasteiger partial charge in [-0.05, 0) is 36.2 Å². The van der Waals surface area contributed by atoms with Gasteiger partial charge in [0.2, 0.25) is 0 Å². The van der Waals surface area contributed by atoms with E-state index in [1.807, 2.05) is 12.1 Å². The summed E-state index contributed by atoms with van der Waals surface area (Å²) in [4.78, 5) is 11.6. The molecule has 5 heteroatoms. The molecule has 0 aliphatic carbocycles. The number of urea groups is 1. The molecule has 2 aromatic rings. The van der Waals surface area contributed by atoms with Gasteiger partial charge in [0.1, 0.15) is 11.5 Å². The average Bonchev–Trinajstić information content (AvgIpc) is 2.41. The van der Waals surface area contributed by atoms with E-state index in [9.17, 15) is 9.90 Å². The zero-order chi connectivity index (χ0) is 14.4. The number of carbonyl (C=O) groups excluding carboxylic acids is 1. The van der Waals surface area contributed by atoms with Crippen LogP contribution >= 0.6 is 0 Å². The Morgan fingerprint density at radius 3 is 2.45 bits per heavy atom. The van der Waals surface area contributed by atoms with Gasteiger partial charge in [-0.15, -0.1) is 0 Å². The van der Waals surface area contributed by atoms with Crippen LogP contribution in [-0.2, 0) is 6.42 Å². The zero-order valence-electron chi connectivity index (χ0n) is 10.8. The second kappa shape index (κ2) is 6.47. The number of amides is 2. The Labute approximate surface area is 116 Å². The molecule has 0 saturated heterocycles. The van der Waals surface area contributed by atoms with Gasteiger partial charge in [-0.25, -0.2) is 4.79 Å². The van der Waals surface area contributed by atoms with Crippen molar-refractivity contribution in [3.63, 3.8) is 0 Å². The molecule has 0 aromatic heterocycles. The van der Waals surface area contributed by atoms with E-state index in [-0.39, 0.29) is 17.5 Å². The second-order valence-electron chi connectivity index (χ2n) is 4.35. The molecule has 0 aliphatic heterocycles. The number of carbonyl (C=O) groups is 1. The first-order valence-corrected chi connectivity index (χ1v) is 6.25. The molecule has 0 atom stereocenters. The number of hydrogen-bond donors (Lipinski definition) is 4. The second-order valence-corrected chi connectivity index (χ2v) is 4.35. The Hall–Kier alpha value is -2.69. The van der Waals surface area contributed by atoms with Crippen molar-refractivity contribution in [1.29, 1.82) is 0 Å². The molecule has 2 rings (SSSR count). The van der Waals surface area contributed by atoms with Crippen LogP contribution in [0.4, 0.5) is 10.5 Å². The summed E-state index contributed by atoms with van der Waals surface area (Å²) >= 11 is 0. The van der Waals surface area contributed by atoms with Gasteiger partial charge in [0.05, 0.1) is 0 Å². The number of nitrogens with one attached hydrogen (secondary N) is 2. The van der Waals surface area contributed by atoms with Gasteiger partial charge in [0.25, 0.3) is 0 Å². The van der Waals surface area contributed by atoms with E-state index in [0.29, 0.717) is 18.7 Å². The van der Waals surface area contributed by atoms with Crippen LogP contribution in [0.1, 0.15) is 5.56 Å². The summed E-state index contributed by atoms with van der Waals surface area (Å²) in [7, 11) is 0. The van der Waals surface area contributed by atoms with Crippen LogP contribution in [0.15, 0.2) is 48.5 Å². The van der Waals surface area contributed by atoms with Crippen molar-refractivity contribution in [1.82, 2.24) is 5.32 Å². The molecular formula is C15H16N2O3. The predicted octanol–water partition coefficient (Wildman–Crippen LogP) is 2.46. The molecule has 0 saturated carbocycles. The van der Waals surface area contributed by atoms with Crippen LogP contribution in [0.5, 0.6) is 11.5 Å². The van der Waals surface area contributed by atoms with Gasteiger partial charge in [-0.1, -0.05) is 18.2 Å². The Bertz CT molecular complexity index is 582. The Morgan fingerprint density at radius 2 is 1.75 bits per heavy atom. The van der Waals surface area contributed by atoms with Crippen molar-refractivity contribution in [2.45, 2.75) is 6.42 Å². The van der Waals surface area contributed by atoms with Gasteiger partial charge in [0, 0.05) is 18.3 Å². The number of phenols is 2. The summed E-state index contributed by atoms with van der Waals surface area (Å²) in [5.74, 6) is 0.329. The number of anilines is 1. The van der Waals surface area contributed by atoms with Gasteiger partial charge >= 0.3 is 6.03 Å². The van der Waals surface area contributed by atoms with Crippen molar-refractivity contribution >= 4 is 11.7 Å². The van der Waals surface area contributed by atoms with Crippen molar-refractivity contribution < 1.29 is 15.0 Å². The number of aromatic hydroxyl groups is 2. The zero-order valence-corrected chi connectivity index (χ0v) is 10.8. The largest absolute Gasteiger partial charge is 0.508 e. The van der Waals surface area contributed by atoms with Crippen molar-refractivity contribution in [2.24, 2.45) is 0 Å². The van der Waals surface area contributed by atoms with E-state index in [4.69, 9.17) is 5.11 Å². The molecule has 0 spiro atoms. The quantitative estimate of drug-likeness (QED) is 0.690. The molecule has 0 unspecified atom stereocenters. The molecule has 20 heavy (non-hydrogen) atoms. The monoisotopic (exact) mass is 272 g/mol. The Morgan fingerprint density at radius 1 is 1.00 bits per heavy atom. The molecule has 5 nitrogen and oxygen atoms in total. The van der Waals surface area contributed by atoms with Gasteiger partial charge in [-0.2, -0.15) is 0 Å². The molecule has 0 aliphatic rings. The fourth-order valence-electron chi connectivity index (χ4n) is 1.74. The summed E-state index contributed by atoms with van der Waals surface area (Å²) in [5.41, 5.74) is 1.56. The Balaban J connectivity index is 1.76. The van der Waals surface area contributed by atoms with E-state index < -0.39 is 0 Å². The lowest BCUT2D eigenvalue weighted by Gasteiger charge is -2.08. The molecule has 0 fully saturated rings. The van der Waals surface area contributed by atoms with Crippen LogP contribution in [0.2, 0.25) is 0 Å². The molecule has 0 radical (unpaired) electrons. The number of rotatable bonds is 4. The van der Waals surface area contributed by atoms with Crippen LogP contribution in [-0.4, -0.2) is 22.8 Å². The molecule has 104 valence electrons. The molecule has 4 N–H and O–H groups in total. The highest BCUT2D eigenvalue weighted by Gasteiger charge is 2.02. The normalized spacial score (nSPS) is 10.0. The fourth-order valence-corrected chi connectivity index (χ4v) is 1.74. The lowest BCUT2D eigenvalue weighted by Crippen LogP contribution is -2.30. The maximum absolute atomic E-state index is 11.6. The van der Waals surface area contributed by atoms with Crippen LogP contribution in [0.3, 0.4) is 0 Å². The van der Waals surface area contributed by atoms with Gasteiger partial charge < -0.3 is 20.8 Å². The first kappa shape index (κ1) is 13.7. The summed E-state index contributed by atoms with van der Waals surface area (Å²) in [6, 6.07) is 12.9. The maximum Gasteiger partial charge on any atom is 0.319 e. The summed E-state index contributed by atoms with van der Waals surface area (Å²) in [6.45, 7) is 0.482. The van der Waals surface area contributed by atoms with E-state index in [1.54, 1.807) is 24.3 Å². The summed E-state index contributed by atoms with van der Waals surface area (Å²) < 4.78 is 0. The maximum atomic E-state index is 11.6. The average molecular weight is 272 g/mol. The highest BCUT2D eigenvalue weighted by Crippen LogP contribution is 2.15. The van der Waals surface area contributed by atoms with Crippen molar-refractivity contribution in [2.75, 3.05) is 11.9 Å². The minimum absolute atomic E-state index is 0.104. The summed E-state index contributed by atoms with van der Waals surface area (Å²) in [6.07, 6.45) is 0.674. The van der Waals surface area contributed by atoms with Crippen molar-refractivity contribution in [3.05, 3.63) is 54.1 Å². The lowest BCUT2D eigenvalue weighted by atomic mass is 10.1. The molecule has 2 aromatic carbocycles. The third kappa shape index (κ3) is 4.20. The van der Waals surface area contributed by atoms with E-state index in [1.165, 1.54) is 12.1 Å². The fraction of sp³-hybridized carbons (Fsp3) is 0.133. The van der Waals surface area contributed by atoms with Gasteiger partial charge in [0.15, 0.2) is 0 Å². The summed E-state index contributed by atoms with van der Waals surface area (Å²) in [5, 5.41) is 23.8. The number of benzene rings is 2. The molecule has 2 amide bonds. The molecule has 0 heterocycles. The number of phenolic OH excluding ortho intramolecular Hbond substituents is 2. The highest BCUT2D eigenvalue weighted by molar-refractivity contribution is 5.89. The Kier molecular flexibility index (Phi) is 4.44. The van der Waals surface area contributed by atoms with Gasteiger partial charge in [-0.3, -0.25) is 0 Å². The SMILES string of the molecule is O=C(NCCc1ccc(O)cc1)Nc1cccc(O)c1. The van der Waals surface area contributed by atoms with Crippen LogP contribution < -0.4 is 10.6 Å². The molecule has 0 bridgehead atoms. The first-order valence-electron chi connectivity index (χ1n) is 6.25. The van der Waals surface area contributed by atoms with E-state index >= 15 is 0 Å². The minimum Gasteiger partial charge on any atom is -0.508 e. The minimum atomic E-state index is -0.325. The molecular weight excluding hydrogens is 256 g/mol. The predicted molar refractivity (Wildman–Crippen MR) is 76.9 cm³/mol. The highest BCUT2D eigenvalue weighted by atomic mass is 16.3. The standard InChI is InChI=1S/C15H16N2O3/c18-13-6-4-11(5-7-13)8-9-16-15(20)17-12-2-1-3-14(19)10-12/h1-7,10,18-19H,8-9H2,(H2,16,17,20). The van der Waals surface area contributed by atoms with Crippen LogP contribution in [0, 0.1) is 0 Å². The lowest BCUT2D eigenvalue weighted by molar-refractivity contribution is 0.252. The smallest absolute Gasteiger partial charge is 0.319 e. The third-order valence-electron chi connectivity index (χ3n) is 2.74. The van der Waals surface area contributed by atoms with E-state index in [2.05, 4.69) is 10.6 Å². The van der Waals surface area contributed by atoms with E-state index in [0.717, 1.165) is 5.56 Å². The first-order chi connectivity index (χ1) is 9.63. The van der Waals surface area contributed by atoms with Crippen molar-refractivity contribution in [3.8, 4) is 11.5 Å². The van der Waals surface area contributed by atoms with Crippen LogP contribution in [0.25, 0.3) is 0 Å². The topological polar surface area (TPSA) is 81.6 Å². The number of hydrogen-bond acceptors (Lipinski definition) is 3.